The van der Waals surface area contributed by atoms with Gasteiger partial charge in [0.05, 0.1) is 0 Å². The Balaban J connectivity index is 1.67. The number of guanidine groups is 1. The van der Waals surface area contributed by atoms with Crippen molar-refractivity contribution in [1.82, 2.24) is 25.7 Å². The van der Waals surface area contributed by atoms with E-state index in [-0.39, 0.29) is 0 Å². The van der Waals surface area contributed by atoms with Crippen LogP contribution in [0.4, 0.5) is 0 Å². The minimum Gasteiger partial charge on any atom is -0.357 e. The van der Waals surface area contributed by atoms with E-state index >= 15 is 0 Å². The van der Waals surface area contributed by atoms with Crippen LogP contribution in [0.5, 0.6) is 0 Å². The van der Waals surface area contributed by atoms with Crippen molar-refractivity contribution in [2.45, 2.75) is 46.6 Å². The van der Waals surface area contributed by atoms with E-state index in [0.29, 0.717) is 18.3 Å². The Bertz CT molecular complexity index is 479. The first-order valence-corrected chi connectivity index (χ1v) is 8.71. The van der Waals surface area contributed by atoms with Crippen LogP contribution in [0.1, 0.15) is 44.8 Å². The molecule has 0 saturated carbocycles. The summed E-state index contributed by atoms with van der Waals surface area (Å²) in [5.41, 5.74) is 0. The molecular formula is C16H30N6O. The molecule has 1 aromatic rings. The molecule has 130 valence electrons. The summed E-state index contributed by atoms with van der Waals surface area (Å²) in [5, 5.41) is 10.5. The van der Waals surface area contributed by atoms with Crippen LogP contribution < -0.4 is 10.6 Å². The van der Waals surface area contributed by atoms with Gasteiger partial charge in [0.2, 0.25) is 5.89 Å². The SMILES string of the molecule is CCNC(=NCc1noc(C)n1)NCCCN1CCC(C)CC1. The number of hydrogen-bond donors (Lipinski definition) is 2. The van der Waals surface area contributed by atoms with Crippen molar-refractivity contribution in [3.05, 3.63) is 11.7 Å². The third kappa shape index (κ3) is 6.56. The molecule has 0 radical (unpaired) electrons. The molecule has 7 nitrogen and oxygen atoms in total. The Hall–Kier alpha value is -1.63. The highest BCUT2D eigenvalue weighted by Gasteiger charge is 2.14. The Morgan fingerprint density at radius 3 is 2.78 bits per heavy atom. The first-order valence-electron chi connectivity index (χ1n) is 8.71. The van der Waals surface area contributed by atoms with Gasteiger partial charge in [0.25, 0.3) is 0 Å². The summed E-state index contributed by atoms with van der Waals surface area (Å²) in [6.07, 6.45) is 3.80. The molecule has 0 aromatic carbocycles. The Kier molecular flexibility index (Phi) is 7.32. The predicted octanol–water partition coefficient (Wildman–Crippen LogP) is 1.56. The molecule has 7 heteroatoms. The van der Waals surface area contributed by atoms with E-state index in [4.69, 9.17) is 4.52 Å². The topological polar surface area (TPSA) is 78.6 Å². The summed E-state index contributed by atoms with van der Waals surface area (Å²) >= 11 is 0. The van der Waals surface area contributed by atoms with Gasteiger partial charge < -0.3 is 20.1 Å². The number of nitrogens with one attached hydrogen (secondary N) is 2. The van der Waals surface area contributed by atoms with Crippen molar-refractivity contribution in [2.24, 2.45) is 10.9 Å². The fraction of sp³-hybridized carbons (Fsp3) is 0.812. The zero-order chi connectivity index (χ0) is 16.5. The molecule has 1 aromatic heterocycles. The Labute approximate surface area is 138 Å². The highest BCUT2D eigenvalue weighted by Crippen LogP contribution is 2.15. The van der Waals surface area contributed by atoms with Gasteiger partial charge in [-0.1, -0.05) is 12.1 Å². The lowest BCUT2D eigenvalue weighted by molar-refractivity contribution is 0.191. The summed E-state index contributed by atoms with van der Waals surface area (Å²) in [6.45, 7) is 12.0. The van der Waals surface area contributed by atoms with E-state index in [2.05, 4.69) is 44.5 Å². The van der Waals surface area contributed by atoms with Crippen LogP contribution in [0.15, 0.2) is 9.52 Å². The molecule has 23 heavy (non-hydrogen) atoms. The molecule has 0 amide bonds. The molecule has 0 bridgehead atoms. The molecule has 1 saturated heterocycles. The fourth-order valence-electron chi connectivity index (χ4n) is 2.69. The normalized spacial score (nSPS) is 17.4. The minimum atomic E-state index is 0.427. The maximum Gasteiger partial charge on any atom is 0.223 e. The number of aryl methyl sites for hydroxylation is 1. The molecule has 1 aliphatic rings. The number of hydrogen-bond acceptors (Lipinski definition) is 5. The molecule has 0 atom stereocenters. The molecule has 0 spiro atoms. The maximum atomic E-state index is 4.95. The molecule has 0 aliphatic carbocycles. The number of nitrogens with zero attached hydrogens (tertiary/aromatic N) is 4. The molecule has 2 N–H and O–H groups in total. The van der Waals surface area contributed by atoms with E-state index in [0.717, 1.165) is 37.9 Å². The number of piperidine rings is 1. The van der Waals surface area contributed by atoms with Crippen LogP contribution in [0.2, 0.25) is 0 Å². The van der Waals surface area contributed by atoms with Gasteiger partial charge in [-0.2, -0.15) is 4.98 Å². The lowest BCUT2D eigenvalue weighted by atomic mass is 9.99. The van der Waals surface area contributed by atoms with Crippen LogP contribution in [-0.4, -0.2) is 53.7 Å². The van der Waals surface area contributed by atoms with Crippen molar-refractivity contribution in [2.75, 3.05) is 32.7 Å². The van der Waals surface area contributed by atoms with Gasteiger partial charge in [0.15, 0.2) is 11.8 Å². The quantitative estimate of drug-likeness (QED) is 0.450. The monoisotopic (exact) mass is 322 g/mol. The van der Waals surface area contributed by atoms with Crippen LogP contribution >= 0.6 is 0 Å². The zero-order valence-electron chi connectivity index (χ0n) is 14.6. The van der Waals surface area contributed by atoms with Crippen molar-refractivity contribution in [3.8, 4) is 0 Å². The van der Waals surface area contributed by atoms with Crippen molar-refractivity contribution < 1.29 is 4.52 Å². The maximum absolute atomic E-state index is 4.95. The molecular weight excluding hydrogens is 292 g/mol. The van der Waals surface area contributed by atoms with E-state index in [1.807, 2.05) is 0 Å². The number of aliphatic imine (C=N–C) groups is 1. The second-order valence-corrected chi connectivity index (χ2v) is 6.23. The summed E-state index contributed by atoms with van der Waals surface area (Å²) in [4.78, 5) is 11.2. The fourth-order valence-corrected chi connectivity index (χ4v) is 2.69. The minimum absolute atomic E-state index is 0.427. The lowest BCUT2D eigenvalue weighted by Gasteiger charge is -2.30. The van der Waals surface area contributed by atoms with Crippen LogP contribution in [0.25, 0.3) is 0 Å². The highest BCUT2D eigenvalue weighted by atomic mass is 16.5. The first-order chi connectivity index (χ1) is 11.2. The Morgan fingerprint density at radius 2 is 2.13 bits per heavy atom. The van der Waals surface area contributed by atoms with E-state index in [1.165, 1.54) is 25.9 Å². The summed E-state index contributed by atoms with van der Waals surface area (Å²) in [7, 11) is 0. The van der Waals surface area contributed by atoms with Gasteiger partial charge in [0.1, 0.15) is 6.54 Å². The predicted molar refractivity (Wildman–Crippen MR) is 91.3 cm³/mol. The van der Waals surface area contributed by atoms with E-state index in [9.17, 15) is 0 Å². The zero-order valence-corrected chi connectivity index (χ0v) is 14.6. The standard InChI is InChI=1S/C16H30N6O/c1-4-17-16(19-12-15-20-14(3)23-21-15)18-8-5-9-22-10-6-13(2)7-11-22/h13H,4-12H2,1-3H3,(H2,17,18,19). The summed E-state index contributed by atoms with van der Waals surface area (Å²) in [6, 6.07) is 0. The van der Waals surface area contributed by atoms with Gasteiger partial charge in [-0.3, -0.25) is 0 Å². The van der Waals surface area contributed by atoms with Gasteiger partial charge in [-0.25, -0.2) is 4.99 Å². The summed E-state index contributed by atoms with van der Waals surface area (Å²) in [5.74, 6) is 2.89. The highest BCUT2D eigenvalue weighted by molar-refractivity contribution is 5.79. The van der Waals surface area contributed by atoms with Crippen molar-refractivity contribution in [3.63, 3.8) is 0 Å². The van der Waals surface area contributed by atoms with Gasteiger partial charge in [-0.15, -0.1) is 0 Å². The van der Waals surface area contributed by atoms with Crippen molar-refractivity contribution in [1.29, 1.82) is 0 Å². The number of likely N-dealkylation sites (tertiary alicyclic amines) is 1. The van der Waals surface area contributed by atoms with Crippen molar-refractivity contribution >= 4 is 5.96 Å². The van der Waals surface area contributed by atoms with Gasteiger partial charge in [0, 0.05) is 20.0 Å². The van der Waals surface area contributed by atoms with Crippen LogP contribution in [0, 0.1) is 12.8 Å². The largest absolute Gasteiger partial charge is 0.357 e. The molecule has 1 aliphatic heterocycles. The molecule has 1 fully saturated rings. The average Bonchev–Trinajstić information content (AvgIpc) is 2.96. The smallest absolute Gasteiger partial charge is 0.223 e. The number of aromatic nitrogens is 2. The van der Waals surface area contributed by atoms with Crippen LogP contribution in [0.3, 0.4) is 0 Å². The third-order valence-electron chi connectivity index (χ3n) is 4.11. The second-order valence-electron chi connectivity index (χ2n) is 6.23. The number of rotatable bonds is 7. The van der Waals surface area contributed by atoms with E-state index in [1.54, 1.807) is 6.92 Å². The molecule has 2 rings (SSSR count). The first kappa shape index (κ1) is 17.7. The molecule has 2 heterocycles. The van der Waals surface area contributed by atoms with Crippen LogP contribution in [-0.2, 0) is 6.54 Å². The average molecular weight is 322 g/mol. The lowest BCUT2D eigenvalue weighted by Crippen LogP contribution is -2.39. The van der Waals surface area contributed by atoms with E-state index < -0.39 is 0 Å². The Morgan fingerprint density at radius 1 is 1.35 bits per heavy atom. The second kappa shape index (κ2) is 9.50. The summed E-state index contributed by atoms with van der Waals surface area (Å²) < 4.78 is 4.95. The third-order valence-corrected chi connectivity index (χ3v) is 4.11. The van der Waals surface area contributed by atoms with Gasteiger partial charge in [-0.05, 0) is 51.7 Å². The van der Waals surface area contributed by atoms with Gasteiger partial charge >= 0.3 is 0 Å². The molecule has 0 unspecified atom stereocenters.